The van der Waals surface area contributed by atoms with Gasteiger partial charge in [0.2, 0.25) is 5.13 Å². The van der Waals surface area contributed by atoms with Crippen molar-refractivity contribution in [3.05, 3.63) is 70.1 Å². The Hall–Kier alpha value is -2.46. The Morgan fingerprint density at radius 1 is 0.913 bits per heavy atom. The number of benzene rings is 2. The molecule has 116 valence electrons. The number of hydrogen-bond acceptors (Lipinski definition) is 4. The molecule has 0 aliphatic heterocycles. The lowest BCUT2D eigenvalue weighted by Gasteiger charge is -1.99. The summed E-state index contributed by atoms with van der Waals surface area (Å²) in [6.07, 6.45) is 1.81. The summed E-state index contributed by atoms with van der Waals surface area (Å²) >= 11 is 1.62. The van der Waals surface area contributed by atoms with Crippen LogP contribution >= 0.6 is 11.3 Å². The van der Waals surface area contributed by atoms with E-state index >= 15 is 0 Å². The Balaban J connectivity index is 1.73. The number of nitrogens with one attached hydrogen (secondary N) is 1. The van der Waals surface area contributed by atoms with E-state index in [9.17, 15) is 0 Å². The van der Waals surface area contributed by atoms with Crippen molar-refractivity contribution in [2.75, 3.05) is 5.43 Å². The van der Waals surface area contributed by atoms with Crippen molar-refractivity contribution in [2.24, 2.45) is 5.10 Å². The van der Waals surface area contributed by atoms with Gasteiger partial charge in [-0.15, -0.1) is 11.3 Å². The van der Waals surface area contributed by atoms with Gasteiger partial charge >= 0.3 is 0 Å². The lowest BCUT2D eigenvalue weighted by molar-refractivity contribution is 1.28. The Kier molecular flexibility index (Phi) is 4.53. The highest BCUT2D eigenvalue weighted by Gasteiger charge is 2.09. The van der Waals surface area contributed by atoms with Crippen LogP contribution in [0.1, 0.15) is 21.6 Å². The molecule has 1 aromatic heterocycles. The molecule has 4 heteroatoms. The van der Waals surface area contributed by atoms with Crippen molar-refractivity contribution in [1.82, 2.24) is 4.98 Å². The fourth-order valence-corrected chi connectivity index (χ4v) is 3.02. The fourth-order valence-electron chi connectivity index (χ4n) is 2.24. The van der Waals surface area contributed by atoms with E-state index in [2.05, 4.69) is 72.7 Å². The highest BCUT2D eigenvalue weighted by molar-refractivity contribution is 7.15. The number of nitrogens with zero attached hydrogens (tertiary/aromatic N) is 2. The first-order valence-corrected chi connectivity index (χ1v) is 8.34. The van der Waals surface area contributed by atoms with Crippen LogP contribution in [0.2, 0.25) is 0 Å². The van der Waals surface area contributed by atoms with Crippen molar-refractivity contribution in [2.45, 2.75) is 20.8 Å². The Labute approximate surface area is 140 Å². The van der Waals surface area contributed by atoms with Crippen LogP contribution in [0.15, 0.2) is 53.6 Å². The van der Waals surface area contributed by atoms with Crippen molar-refractivity contribution in [3.63, 3.8) is 0 Å². The molecule has 3 nitrogen and oxygen atoms in total. The van der Waals surface area contributed by atoms with Gasteiger partial charge in [-0.25, -0.2) is 4.98 Å². The molecule has 23 heavy (non-hydrogen) atoms. The largest absolute Gasteiger partial charge is 0.253 e. The minimum atomic E-state index is 0.807. The predicted octanol–water partition coefficient (Wildman–Crippen LogP) is 5.18. The number of thiazole rings is 1. The SMILES string of the molecule is Cc1ccc(/C=N/Nc2nc(-c3ccc(C)cc3)c(C)s2)cc1. The van der Waals surface area contributed by atoms with E-state index < -0.39 is 0 Å². The van der Waals surface area contributed by atoms with E-state index in [1.165, 1.54) is 16.0 Å². The first kappa shape index (κ1) is 15.4. The van der Waals surface area contributed by atoms with Gasteiger partial charge in [0.1, 0.15) is 0 Å². The van der Waals surface area contributed by atoms with E-state index in [0.29, 0.717) is 0 Å². The molecule has 0 spiro atoms. The highest BCUT2D eigenvalue weighted by atomic mass is 32.1. The average Bonchev–Trinajstić information content (AvgIpc) is 2.91. The van der Waals surface area contributed by atoms with E-state index in [1.54, 1.807) is 11.3 Å². The normalized spacial score (nSPS) is 11.1. The van der Waals surface area contributed by atoms with E-state index in [4.69, 9.17) is 0 Å². The zero-order valence-corrected chi connectivity index (χ0v) is 14.3. The van der Waals surface area contributed by atoms with E-state index in [1.807, 2.05) is 18.3 Å². The number of hydrogen-bond donors (Lipinski definition) is 1. The molecular formula is C19H19N3S. The van der Waals surface area contributed by atoms with Gasteiger partial charge in [-0.1, -0.05) is 59.7 Å². The fraction of sp³-hybridized carbons (Fsp3) is 0.158. The summed E-state index contributed by atoms with van der Waals surface area (Å²) in [6.45, 7) is 6.25. The van der Waals surface area contributed by atoms with E-state index in [-0.39, 0.29) is 0 Å². The highest BCUT2D eigenvalue weighted by Crippen LogP contribution is 2.30. The second-order valence-corrected chi connectivity index (χ2v) is 6.77. The second-order valence-electron chi connectivity index (χ2n) is 5.57. The van der Waals surface area contributed by atoms with Crippen molar-refractivity contribution in [1.29, 1.82) is 0 Å². The minimum Gasteiger partial charge on any atom is -0.253 e. The number of rotatable bonds is 4. The zero-order chi connectivity index (χ0) is 16.2. The maximum Gasteiger partial charge on any atom is 0.204 e. The lowest BCUT2D eigenvalue weighted by atomic mass is 10.1. The molecular weight excluding hydrogens is 302 g/mol. The van der Waals surface area contributed by atoms with Crippen molar-refractivity contribution < 1.29 is 0 Å². The van der Waals surface area contributed by atoms with Gasteiger partial charge in [-0.3, -0.25) is 5.43 Å². The third kappa shape index (κ3) is 3.85. The third-order valence-electron chi connectivity index (χ3n) is 3.57. The van der Waals surface area contributed by atoms with Crippen molar-refractivity contribution in [3.8, 4) is 11.3 Å². The molecule has 0 fully saturated rings. The summed E-state index contributed by atoms with van der Waals surface area (Å²) in [5.41, 5.74) is 8.74. The lowest BCUT2D eigenvalue weighted by Crippen LogP contribution is -1.90. The van der Waals surface area contributed by atoms with Crippen LogP contribution < -0.4 is 5.43 Å². The summed E-state index contributed by atoms with van der Waals surface area (Å²) in [6, 6.07) is 16.7. The molecule has 0 aliphatic rings. The monoisotopic (exact) mass is 321 g/mol. The third-order valence-corrected chi connectivity index (χ3v) is 4.45. The van der Waals surface area contributed by atoms with Gasteiger partial charge in [0.15, 0.2) is 0 Å². The quantitative estimate of drug-likeness (QED) is 0.531. The standard InChI is InChI=1S/C19H19N3S/c1-13-4-8-16(9-5-13)12-20-22-19-21-18(15(3)23-19)17-10-6-14(2)7-11-17/h4-12H,1-3H3,(H,21,22)/b20-12+. The first-order valence-electron chi connectivity index (χ1n) is 7.52. The molecule has 0 atom stereocenters. The number of hydrazone groups is 1. The smallest absolute Gasteiger partial charge is 0.204 e. The van der Waals surface area contributed by atoms with Crippen LogP contribution in [0.25, 0.3) is 11.3 Å². The van der Waals surface area contributed by atoms with Gasteiger partial charge in [-0.2, -0.15) is 5.10 Å². The molecule has 0 radical (unpaired) electrons. The first-order chi connectivity index (χ1) is 11.1. The topological polar surface area (TPSA) is 37.3 Å². The van der Waals surface area contributed by atoms with E-state index in [0.717, 1.165) is 22.0 Å². The van der Waals surface area contributed by atoms with Crippen LogP contribution in [0, 0.1) is 20.8 Å². The summed E-state index contributed by atoms with van der Waals surface area (Å²) in [5, 5.41) is 5.08. The minimum absolute atomic E-state index is 0.807. The Morgan fingerprint density at radius 2 is 1.52 bits per heavy atom. The molecule has 3 aromatic rings. The number of aromatic nitrogens is 1. The van der Waals surface area contributed by atoms with Crippen LogP contribution in [-0.4, -0.2) is 11.2 Å². The summed E-state index contributed by atoms with van der Waals surface area (Å²) in [7, 11) is 0. The average molecular weight is 321 g/mol. The molecule has 0 saturated carbocycles. The predicted molar refractivity (Wildman–Crippen MR) is 99.4 cm³/mol. The molecule has 3 rings (SSSR count). The van der Waals surface area contributed by atoms with Crippen LogP contribution in [0.5, 0.6) is 0 Å². The second kappa shape index (κ2) is 6.75. The van der Waals surface area contributed by atoms with Gasteiger partial charge in [0.25, 0.3) is 0 Å². The molecule has 0 unspecified atom stereocenters. The van der Waals surface area contributed by atoms with Gasteiger partial charge in [0.05, 0.1) is 11.9 Å². The Bertz CT molecular complexity index is 815. The van der Waals surface area contributed by atoms with Gasteiger partial charge < -0.3 is 0 Å². The molecule has 2 aromatic carbocycles. The Morgan fingerprint density at radius 3 is 2.17 bits per heavy atom. The zero-order valence-electron chi connectivity index (χ0n) is 13.5. The molecule has 1 heterocycles. The molecule has 0 aliphatic carbocycles. The summed E-state index contributed by atoms with van der Waals surface area (Å²) < 4.78 is 0. The van der Waals surface area contributed by atoms with Crippen molar-refractivity contribution >= 4 is 22.7 Å². The van der Waals surface area contributed by atoms with Crippen LogP contribution in [0.4, 0.5) is 5.13 Å². The molecule has 0 bridgehead atoms. The van der Waals surface area contributed by atoms with Gasteiger partial charge in [0, 0.05) is 10.4 Å². The maximum atomic E-state index is 4.65. The van der Waals surface area contributed by atoms with Crippen LogP contribution in [-0.2, 0) is 0 Å². The molecule has 0 amide bonds. The molecule has 0 saturated heterocycles. The van der Waals surface area contributed by atoms with Crippen LogP contribution in [0.3, 0.4) is 0 Å². The van der Waals surface area contributed by atoms with Gasteiger partial charge in [-0.05, 0) is 26.3 Å². The maximum absolute atomic E-state index is 4.65. The summed E-state index contributed by atoms with van der Waals surface area (Å²) in [4.78, 5) is 5.83. The number of aryl methyl sites for hydroxylation is 3. The number of anilines is 1. The summed E-state index contributed by atoms with van der Waals surface area (Å²) in [5.74, 6) is 0. The molecule has 1 N–H and O–H groups in total.